The van der Waals surface area contributed by atoms with Gasteiger partial charge in [-0.3, -0.25) is 0 Å². The monoisotopic (exact) mass is 199 g/mol. The Morgan fingerprint density at radius 3 is 2.64 bits per heavy atom. The Labute approximate surface area is 82.3 Å². The summed E-state index contributed by atoms with van der Waals surface area (Å²) in [6, 6.07) is 3.83. The Balaban J connectivity index is 3.16. The fourth-order valence-corrected chi connectivity index (χ4v) is 1.25. The van der Waals surface area contributed by atoms with Gasteiger partial charge in [-0.05, 0) is 19.1 Å². The number of aliphatic hydroxyl groups is 1. The lowest BCUT2D eigenvalue weighted by Gasteiger charge is -2.18. The summed E-state index contributed by atoms with van der Waals surface area (Å²) < 4.78 is 18.3. The SMILES string of the molecule is COc1cccc(F)c1[C@@H](O)[C@H](C)N. The van der Waals surface area contributed by atoms with Gasteiger partial charge in [-0.2, -0.15) is 0 Å². The molecule has 2 atom stereocenters. The van der Waals surface area contributed by atoms with Crippen LogP contribution in [0.3, 0.4) is 0 Å². The molecule has 0 aliphatic heterocycles. The van der Waals surface area contributed by atoms with E-state index in [4.69, 9.17) is 10.5 Å². The number of hydrogen-bond donors (Lipinski definition) is 2. The fourth-order valence-electron chi connectivity index (χ4n) is 1.25. The van der Waals surface area contributed by atoms with Gasteiger partial charge < -0.3 is 15.6 Å². The summed E-state index contributed by atoms with van der Waals surface area (Å²) in [4.78, 5) is 0. The van der Waals surface area contributed by atoms with Crippen LogP contribution in [0.5, 0.6) is 5.75 Å². The Bertz CT molecular complexity index is 315. The van der Waals surface area contributed by atoms with E-state index >= 15 is 0 Å². The van der Waals surface area contributed by atoms with E-state index in [1.54, 1.807) is 13.0 Å². The lowest BCUT2D eigenvalue weighted by molar-refractivity contribution is 0.145. The highest BCUT2D eigenvalue weighted by atomic mass is 19.1. The third-order valence-corrected chi connectivity index (χ3v) is 2.03. The molecule has 0 fully saturated rings. The lowest BCUT2D eigenvalue weighted by Crippen LogP contribution is -2.25. The van der Waals surface area contributed by atoms with Crippen molar-refractivity contribution in [2.24, 2.45) is 5.73 Å². The third-order valence-electron chi connectivity index (χ3n) is 2.03. The summed E-state index contributed by atoms with van der Waals surface area (Å²) in [6.07, 6.45) is -1.05. The molecule has 1 rings (SSSR count). The first-order valence-corrected chi connectivity index (χ1v) is 4.34. The Morgan fingerprint density at radius 1 is 1.50 bits per heavy atom. The topological polar surface area (TPSA) is 55.5 Å². The Morgan fingerprint density at radius 2 is 2.14 bits per heavy atom. The van der Waals surface area contributed by atoms with Crippen molar-refractivity contribution >= 4 is 0 Å². The third kappa shape index (κ3) is 2.02. The van der Waals surface area contributed by atoms with Crippen molar-refractivity contribution in [3.8, 4) is 5.75 Å². The summed E-state index contributed by atoms with van der Waals surface area (Å²) in [5, 5.41) is 9.65. The quantitative estimate of drug-likeness (QED) is 0.769. The van der Waals surface area contributed by atoms with Crippen molar-refractivity contribution in [3.63, 3.8) is 0 Å². The number of methoxy groups -OCH3 is 1. The molecule has 0 aliphatic carbocycles. The zero-order valence-electron chi connectivity index (χ0n) is 8.20. The maximum absolute atomic E-state index is 13.4. The lowest BCUT2D eigenvalue weighted by atomic mass is 10.0. The molecule has 0 bridgehead atoms. The molecular weight excluding hydrogens is 185 g/mol. The van der Waals surface area contributed by atoms with Crippen molar-refractivity contribution in [1.29, 1.82) is 0 Å². The molecule has 0 saturated heterocycles. The molecular formula is C10H14FNO2. The van der Waals surface area contributed by atoms with E-state index in [1.165, 1.54) is 19.2 Å². The predicted octanol–water partition coefficient (Wildman–Crippen LogP) is 1.21. The minimum atomic E-state index is -1.05. The summed E-state index contributed by atoms with van der Waals surface area (Å²) >= 11 is 0. The summed E-state index contributed by atoms with van der Waals surface area (Å²) in [5.41, 5.74) is 5.60. The van der Waals surface area contributed by atoms with Crippen LogP contribution in [-0.2, 0) is 0 Å². The summed E-state index contributed by atoms with van der Waals surface area (Å²) in [5.74, 6) is -0.191. The molecule has 0 amide bonds. The van der Waals surface area contributed by atoms with Gasteiger partial charge in [0, 0.05) is 6.04 Å². The minimum Gasteiger partial charge on any atom is -0.496 e. The first-order chi connectivity index (χ1) is 6.57. The Hall–Kier alpha value is -1.13. The van der Waals surface area contributed by atoms with Crippen molar-refractivity contribution in [1.82, 2.24) is 0 Å². The average Bonchev–Trinajstić information content (AvgIpc) is 2.16. The zero-order chi connectivity index (χ0) is 10.7. The van der Waals surface area contributed by atoms with Crippen LogP contribution in [0.4, 0.5) is 4.39 Å². The molecule has 3 nitrogen and oxygen atoms in total. The number of rotatable bonds is 3. The molecule has 0 aromatic heterocycles. The maximum Gasteiger partial charge on any atom is 0.132 e. The molecule has 3 N–H and O–H groups in total. The molecule has 1 aromatic rings. The first-order valence-electron chi connectivity index (χ1n) is 4.34. The van der Waals surface area contributed by atoms with Gasteiger partial charge in [0.1, 0.15) is 17.7 Å². The summed E-state index contributed by atoms with van der Waals surface area (Å²) in [6.45, 7) is 1.61. The van der Waals surface area contributed by atoms with Gasteiger partial charge in [0.25, 0.3) is 0 Å². The smallest absolute Gasteiger partial charge is 0.132 e. The molecule has 1 aromatic carbocycles. The van der Waals surface area contributed by atoms with Crippen LogP contribution in [-0.4, -0.2) is 18.3 Å². The highest BCUT2D eigenvalue weighted by molar-refractivity contribution is 5.36. The molecule has 0 saturated carbocycles. The van der Waals surface area contributed by atoms with Crippen LogP contribution in [0.2, 0.25) is 0 Å². The second kappa shape index (κ2) is 4.39. The normalized spacial score (nSPS) is 14.9. The number of nitrogens with two attached hydrogens (primary N) is 1. The average molecular weight is 199 g/mol. The highest BCUT2D eigenvalue weighted by Gasteiger charge is 2.20. The van der Waals surface area contributed by atoms with Crippen molar-refractivity contribution in [2.75, 3.05) is 7.11 Å². The van der Waals surface area contributed by atoms with Crippen LogP contribution in [0.25, 0.3) is 0 Å². The van der Waals surface area contributed by atoms with E-state index in [0.717, 1.165) is 0 Å². The van der Waals surface area contributed by atoms with Gasteiger partial charge >= 0.3 is 0 Å². The molecule has 4 heteroatoms. The van der Waals surface area contributed by atoms with Gasteiger partial charge in [-0.1, -0.05) is 6.07 Å². The van der Waals surface area contributed by atoms with Gasteiger partial charge in [0.15, 0.2) is 0 Å². The van der Waals surface area contributed by atoms with E-state index in [1.807, 2.05) is 0 Å². The van der Waals surface area contributed by atoms with Gasteiger partial charge in [0.05, 0.1) is 12.7 Å². The fraction of sp³-hybridized carbons (Fsp3) is 0.400. The molecule has 78 valence electrons. The number of hydrogen-bond acceptors (Lipinski definition) is 3. The number of aliphatic hydroxyl groups excluding tert-OH is 1. The molecule has 0 unspecified atom stereocenters. The van der Waals surface area contributed by atoms with Crippen LogP contribution in [0, 0.1) is 5.82 Å². The predicted molar refractivity (Wildman–Crippen MR) is 51.6 cm³/mol. The van der Waals surface area contributed by atoms with Crippen molar-refractivity contribution in [2.45, 2.75) is 19.1 Å². The number of halogens is 1. The number of benzene rings is 1. The van der Waals surface area contributed by atoms with Gasteiger partial charge in [-0.25, -0.2) is 4.39 Å². The van der Waals surface area contributed by atoms with Crippen LogP contribution < -0.4 is 10.5 Å². The van der Waals surface area contributed by atoms with Crippen LogP contribution in [0.15, 0.2) is 18.2 Å². The van der Waals surface area contributed by atoms with E-state index in [2.05, 4.69) is 0 Å². The first kappa shape index (κ1) is 10.9. The van der Waals surface area contributed by atoms with E-state index in [0.29, 0.717) is 5.75 Å². The van der Waals surface area contributed by atoms with Crippen molar-refractivity contribution in [3.05, 3.63) is 29.6 Å². The van der Waals surface area contributed by atoms with Crippen LogP contribution >= 0.6 is 0 Å². The van der Waals surface area contributed by atoms with Crippen LogP contribution in [0.1, 0.15) is 18.6 Å². The van der Waals surface area contributed by atoms with Gasteiger partial charge in [-0.15, -0.1) is 0 Å². The minimum absolute atomic E-state index is 0.116. The van der Waals surface area contributed by atoms with E-state index in [-0.39, 0.29) is 5.56 Å². The zero-order valence-corrected chi connectivity index (χ0v) is 8.20. The van der Waals surface area contributed by atoms with E-state index < -0.39 is 18.0 Å². The molecule has 0 heterocycles. The van der Waals surface area contributed by atoms with Crippen molar-refractivity contribution < 1.29 is 14.2 Å². The standard InChI is InChI=1S/C10H14FNO2/c1-6(12)10(13)9-7(11)4-3-5-8(9)14-2/h3-6,10,13H,12H2,1-2H3/t6-,10-/m0/s1. The highest BCUT2D eigenvalue weighted by Crippen LogP contribution is 2.28. The molecule has 0 aliphatic rings. The molecule has 0 spiro atoms. The number of ether oxygens (including phenoxy) is 1. The summed E-state index contributed by atoms with van der Waals surface area (Å²) in [7, 11) is 1.42. The second-order valence-corrected chi connectivity index (χ2v) is 3.16. The molecule has 14 heavy (non-hydrogen) atoms. The second-order valence-electron chi connectivity index (χ2n) is 3.16. The molecule has 0 radical (unpaired) electrons. The van der Waals surface area contributed by atoms with E-state index in [9.17, 15) is 9.50 Å². The Kier molecular flexibility index (Phi) is 3.43. The largest absolute Gasteiger partial charge is 0.496 e. The maximum atomic E-state index is 13.4. The van der Waals surface area contributed by atoms with Gasteiger partial charge in [0.2, 0.25) is 0 Å².